The van der Waals surface area contributed by atoms with Crippen molar-refractivity contribution in [1.82, 2.24) is 9.78 Å². The molecule has 0 amide bonds. The normalized spacial score (nSPS) is 10.4. The van der Waals surface area contributed by atoms with E-state index in [1.165, 1.54) is 0 Å². The van der Waals surface area contributed by atoms with Crippen molar-refractivity contribution in [3.63, 3.8) is 0 Å². The third-order valence-electron chi connectivity index (χ3n) is 2.57. The Bertz CT molecular complexity index is 491. The monoisotopic (exact) mass is 217 g/mol. The van der Waals surface area contributed by atoms with Gasteiger partial charge in [-0.1, -0.05) is 12.1 Å². The van der Waals surface area contributed by atoms with Gasteiger partial charge in [-0.15, -0.1) is 0 Å². The highest BCUT2D eigenvalue weighted by Crippen LogP contribution is 2.28. The van der Waals surface area contributed by atoms with Gasteiger partial charge in [-0.3, -0.25) is 4.68 Å². The second kappa shape index (κ2) is 4.37. The van der Waals surface area contributed by atoms with Gasteiger partial charge in [0.25, 0.3) is 0 Å². The first-order valence-electron chi connectivity index (χ1n) is 5.12. The van der Waals surface area contributed by atoms with Crippen LogP contribution in [0.1, 0.15) is 5.69 Å². The van der Waals surface area contributed by atoms with Gasteiger partial charge in [0.2, 0.25) is 0 Å². The number of hydrogen-bond donors (Lipinski definition) is 1. The fraction of sp³-hybridized carbons (Fsp3) is 0.250. The van der Waals surface area contributed by atoms with Crippen LogP contribution in [0.5, 0.6) is 5.75 Å². The first-order chi connectivity index (χ1) is 7.76. The number of nitrogens with zero attached hydrogens (tertiary/aromatic N) is 2. The van der Waals surface area contributed by atoms with E-state index in [9.17, 15) is 0 Å². The Morgan fingerprint density at radius 2 is 2.12 bits per heavy atom. The van der Waals surface area contributed by atoms with E-state index in [1.807, 2.05) is 37.4 Å². The van der Waals surface area contributed by atoms with Gasteiger partial charge in [-0.25, -0.2) is 0 Å². The Morgan fingerprint density at radius 3 is 2.75 bits per heavy atom. The minimum atomic E-state index is 0.485. The fourth-order valence-electron chi connectivity index (χ4n) is 1.68. The zero-order valence-electron chi connectivity index (χ0n) is 9.47. The molecule has 0 bridgehead atoms. The molecule has 0 aliphatic heterocycles. The number of methoxy groups -OCH3 is 1. The maximum absolute atomic E-state index is 5.62. The van der Waals surface area contributed by atoms with Crippen molar-refractivity contribution in [1.29, 1.82) is 0 Å². The Hall–Kier alpha value is -1.81. The first-order valence-corrected chi connectivity index (χ1v) is 5.12. The summed E-state index contributed by atoms with van der Waals surface area (Å²) in [4.78, 5) is 0. The largest absolute Gasteiger partial charge is 0.496 e. The minimum Gasteiger partial charge on any atom is -0.496 e. The lowest BCUT2D eigenvalue weighted by Gasteiger charge is -2.04. The highest BCUT2D eigenvalue weighted by Gasteiger charge is 2.09. The summed E-state index contributed by atoms with van der Waals surface area (Å²) < 4.78 is 7.10. The predicted molar refractivity (Wildman–Crippen MR) is 63.1 cm³/mol. The van der Waals surface area contributed by atoms with E-state index in [-0.39, 0.29) is 0 Å². The van der Waals surface area contributed by atoms with Crippen molar-refractivity contribution in [3.8, 4) is 17.0 Å². The molecule has 0 saturated heterocycles. The van der Waals surface area contributed by atoms with Crippen molar-refractivity contribution < 1.29 is 4.74 Å². The Morgan fingerprint density at radius 1 is 1.38 bits per heavy atom. The van der Waals surface area contributed by atoms with E-state index in [1.54, 1.807) is 11.8 Å². The Kier molecular flexibility index (Phi) is 2.92. The topological polar surface area (TPSA) is 53.1 Å². The van der Waals surface area contributed by atoms with Crippen LogP contribution in [0.4, 0.5) is 0 Å². The second-order valence-corrected chi connectivity index (χ2v) is 3.55. The molecule has 0 aliphatic rings. The molecule has 84 valence electrons. The number of aryl methyl sites for hydroxylation is 1. The molecule has 2 N–H and O–H groups in total. The van der Waals surface area contributed by atoms with Gasteiger partial charge in [0.1, 0.15) is 5.75 Å². The number of nitrogens with two attached hydrogens (primary N) is 1. The lowest BCUT2D eigenvalue weighted by atomic mass is 10.1. The number of aromatic nitrogens is 2. The third kappa shape index (κ3) is 1.79. The van der Waals surface area contributed by atoms with Crippen LogP contribution < -0.4 is 10.5 Å². The molecule has 1 heterocycles. The van der Waals surface area contributed by atoms with Crippen LogP contribution in [0.25, 0.3) is 11.3 Å². The van der Waals surface area contributed by atoms with E-state index >= 15 is 0 Å². The number of hydrogen-bond acceptors (Lipinski definition) is 3. The van der Waals surface area contributed by atoms with Crippen LogP contribution in [0.3, 0.4) is 0 Å². The summed E-state index contributed by atoms with van der Waals surface area (Å²) in [6.45, 7) is 0.485. The lowest BCUT2D eigenvalue weighted by molar-refractivity contribution is 0.416. The SMILES string of the molecule is COc1ccccc1-c1cc(CN)n(C)n1. The highest BCUT2D eigenvalue weighted by molar-refractivity contribution is 5.67. The molecule has 0 aliphatic carbocycles. The molecule has 0 atom stereocenters. The average Bonchev–Trinajstić information content (AvgIpc) is 2.70. The van der Waals surface area contributed by atoms with Crippen molar-refractivity contribution in [2.75, 3.05) is 7.11 Å². The van der Waals surface area contributed by atoms with E-state index in [0.717, 1.165) is 22.7 Å². The van der Waals surface area contributed by atoms with Crippen LogP contribution in [-0.4, -0.2) is 16.9 Å². The van der Waals surface area contributed by atoms with Crippen molar-refractivity contribution in [2.45, 2.75) is 6.54 Å². The zero-order valence-corrected chi connectivity index (χ0v) is 9.47. The Balaban J connectivity index is 2.49. The van der Waals surface area contributed by atoms with Gasteiger partial charge in [0, 0.05) is 19.2 Å². The maximum atomic E-state index is 5.62. The van der Waals surface area contributed by atoms with Gasteiger partial charge < -0.3 is 10.5 Å². The van der Waals surface area contributed by atoms with Gasteiger partial charge in [-0.05, 0) is 18.2 Å². The molecule has 0 radical (unpaired) electrons. The fourth-order valence-corrected chi connectivity index (χ4v) is 1.68. The van der Waals surface area contributed by atoms with E-state index in [2.05, 4.69) is 5.10 Å². The van der Waals surface area contributed by atoms with Gasteiger partial charge in [0.05, 0.1) is 18.5 Å². The van der Waals surface area contributed by atoms with Gasteiger partial charge >= 0.3 is 0 Å². The molecule has 0 fully saturated rings. The summed E-state index contributed by atoms with van der Waals surface area (Å²) in [5, 5.41) is 4.42. The van der Waals surface area contributed by atoms with Crippen LogP contribution in [0.2, 0.25) is 0 Å². The summed E-state index contributed by atoms with van der Waals surface area (Å²) in [6, 6.07) is 9.80. The number of rotatable bonds is 3. The molecular weight excluding hydrogens is 202 g/mol. The van der Waals surface area contributed by atoms with Gasteiger partial charge in [0.15, 0.2) is 0 Å². The Labute approximate surface area is 94.6 Å². The van der Waals surface area contributed by atoms with E-state index in [4.69, 9.17) is 10.5 Å². The molecule has 4 heteroatoms. The van der Waals surface area contributed by atoms with Crippen LogP contribution >= 0.6 is 0 Å². The molecule has 1 aromatic carbocycles. The molecule has 2 rings (SSSR count). The molecule has 16 heavy (non-hydrogen) atoms. The van der Waals surface area contributed by atoms with E-state index in [0.29, 0.717) is 6.54 Å². The highest BCUT2D eigenvalue weighted by atomic mass is 16.5. The summed E-state index contributed by atoms with van der Waals surface area (Å²) in [5.41, 5.74) is 8.50. The standard InChI is InChI=1S/C12H15N3O/c1-15-9(8-13)7-11(14-15)10-5-3-4-6-12(10)16-2/h3-7H,8,13H2,1-2H3. The maximum Gasteiger partial charge on any atom is 0.128 e. The smallest absolute Gasteiger partial charge is 0.128 e. The molecule has 0 unspecified atom stereocenters. The number of benzene rings is 1. The van der Waals surface area contributed by atoms with Crippen molar-refractivity contribution in [2.24, 2.45) is 12.8 Å². The molecule has 0 saturated carbocycles. The van der Waals surface area contributed by atoms with Crippen molar-refractivity contribution in [3.05, 3.63) is 36.0 Å². The summed E-state index contributed by atoms with van der Waals surface area (Å²) in [6.07, 6.45) is 0. The number of ether oxygens (including phenoxy) is 1. The number of para-hydroxylation sites is 1. The second-order valence-electron chi connectivity index (χ2n) is 3.55. The van der Waals surface area contributed by atoms with Crippen molar-refractivity contribution >= 4 is 0 Å². The zero-order chi connectivity index (χ0) is 11.5. The lowest BCUT2D eigenvalue weighted by Crippen LogP contribution is -2.03. The van der Waals surface area contributed by atoms with Crippen LogP contribution in [-0.2, 0) is 13.6 Å². The van der Waals surface area contributed by atoms with Gasteiger partial charge in [-0.2, -0.15) is 5.10 Å². The van der Waals surface area contributed by atoms with Crippen LogP contribution in [0.15, 0.2) is 30.3 Å². The predicted octanol–water partition coefficient (Wildman–Crippen LogP) is 1.55. The average molecular weight is 217 g/mol. The molecule has 4 nitrogen and oxygen atoms in total. The quantitative estimate of drug-likeness (QED) is 0.848. The molecule has 1 aromatic heterocycles. The summed E-state index contributed by atoms with van der Waals surface area (Å²) in [5.74, 6) is 0.823. The minimum absolute atomic E-state index is 0.485. The molecular formula is C12H15N3O. The van der Waals surface area contributed by atoms with E-state index < -0.39 is 0 Å². The van der Waals surface area contributed by atoms with Crippen LogP contribution in [0, 0.1) is 0 Å². The molecule has 0 spiro atoms. The third-order valence-corrected chi connectivity index (χ3v) is 2.57. The summed E-state index contributed by atoms with van der Waals surface area (Å²) >= 11 is 0. The first kappa shape index (κ1) is 10.7. The summed E-state index contributed by atoms with van der Waals surface area (Å²) in [7, 11) is 3.55. The molecule has 2 aromatic rings.